The first-order valence-corrected chi connectivity index (χ1v) is 9.51. The molecule has 0 fully saturated rings. The highest BCUT2D eigenvalue weighted by molar-refractivity contribution is 5.79. The lowest BCUT2D eigenvalue weighted by Crippen LogP contribution is -2.05. The highest BCUT2D eigenvalue weighted by Crippen LogP contribution is 2.23. The van der Waals surface area contributed by atoms with Crippen LogP contribution in [0.25, 0.3) is 16.7 Å². The standard InChI is InChI=1S/C21H20N8O/c1-13-8-19-23-12-24-28(19)11-18(13)25-21-22-9-17-14(2)27-29(20(17)26-21)10-15-4-6-16(30-3)7-5-15/h4-9,11-12H,10H2,1-3H3,(H,22,25,26). The lowest BCUT2D eigenvalue weighted by molar-refractivity contribution is 0.414. The number of nitrogens with one attached hydrogen (secondary N) is 1. The molecule has 0 saturated heterocycles. The Bertz CT molecular complexity index is 1350. The van der Waals surface area contributed by atoms with Gasteiger partial charge in [-0.3, -0.25) is 0 Å². The van der Waals surface area contributed by atoms with Crippen molar-refractivity contribution in [1.82, 2.24) is 34.3 Å². The van der Waals surface area contributed by atoms with Gasteiger partial charge in [-0.15, -0.1) is 0 Å². The lowest BCUT2D eigenvalue weighted by atomic mass is 10.2. The summed E-state index contributed by atoms with van der Waals surface area (Å²) in [6.07, 6.45) is 5.22. The normalized spacial score (nSPS) is 11.3. The van der Waals surface area contributed by atoms with Gasteiger partial charge in [-0.2, -0.15) is 15.2 Å². The van der Waals surface area contributed by atoms with Crippen LogP contribution in [-0.2, 0) is 6.54 Å². The van der Waals surface area contributed by atoms with E-state index in [1.165, 1.54) is 6.33 Å². The van der Waals surface area contributed by atoms with E-state index in [4.69, 9.17) is 9.72 Å². The molecule has 0 radical (unpaired) electrons. The van der Waals surface area contributed by atoms with E-state index < -0.39 is 0 Å². The predicted molar refractivity (Wildman–Crippen MR) is 113 cm³/mol. The summed E-state index contributed by atoms with van der Waals surface area (Å²) in [5, 5.41) is 13.1. The van der Waals surface area contributed by atoms with Gasteiger partial charge in [-0.1, -0.05) is 12.1 Å². The molecule has 0 atom stereocenters. The SMILES string of the molecule is COc1ccc(Cn2nc(C)c3cnc(Nc4cn5ncnc5cc4C)nc32)cc1. The van der Waals surface area contributed by atoms with Crippen LogP contribution in [0, 0.1) is 13.8 Å². The number of aromatic nitrogens is 7. The molecule has 1 aromatic carbocycles. The molecule has 1 N–H and O–H groups in total. The molecule has 0 unspecified atom stereocenters. The molecule has 0 aliphatic rings. The van der Waals surface area contributed by atoms with Crippen molar-refractivity contribution in [3.63, 3.8) is 0 Å². The maximum absolute atomic E-state index is 5.24. The predicted octanol–water partition coefficient (Wildman–Crippen LogP) is 3.29. The molecule has 0 bridgehead atoms. The Morgan fingerprint density at radius 3 is 2.73 bits per heavy atom. The quantitative estimate of drug-likeness (QED) is 0.484. The van der Waals surface area contributed by atoms with Crippen LogP contribution in [0.5, 0.6) is 5.75 Å². The van der Waals surface area contributed by atoms with E-state index in [1.807, 2.05) is 55.1 Å². The first kappa shape index (κ1) is 18.0. The van der Waals surface area contributed by atoms with Crippen LogP contribution in [-0.4, -0.2) is 41.5 Å². The molecule has 0 saturated carbocycles. The molecule has 0 spiro atoms. The number of hydrogen-bond donors (Lipinski definition) is 1. The number of pyridine rings is 1. The van der Waals surface area contributed by atoms with Crippen LogP contribution < -0.4 is 10.1 Å². The molecule has 5 rings (SSSR count). The van der Waals surface area contributed by atoms with E-state index in [0.29, 0.717) is 12.5 Å². The van der Waals surface area contributed by atoms with Gasteiger partial charge in [-0.25, -0.2) is 19.2 Å². The molecule has 5 aromatic rings. The van der Waals surface area contributed by atoms with Crippen molar-refractivity contribution in [2.45, 2.75) is 20.4 Å². The Kier molecular flexibility index (Phi) is 4.27. The van der Waals surface area contributed by atoms with Gasteiger partial charge in [0.1, 0.15) is 12.1 Å². The maximum atomic E-state index is 5.24. The third kappa shape index (κ3) is 3.20. The first-order chi connectivity index (χ1) is 14.6. The van der Waals surface area contributed by atoms with Gasteiger partial charge in [0.2, 0.25) is 5.95 Å². The summed E-state index contributed by atoms with van der Waals surface area (Å²) >= 11 is 0. The van der Waals surface area contributed by atoms with Crippen LogP contribution in [0.1, 0.15) is 16.8 Å². The van der Waals surface area contributed by atoms with Crippen molar-refractivity contribution >= 4 is 28.3 Å². The smallest absolute Gasteiger partial charge is 0.229 e. The zero-order chi connectivity index (χ0) is 20.7. The third-order valence-corrected chi connectivity index (χ3v) is 5.03. The first-order valence-electron chi connectivity index (χ1n) is 9.51. The van der Waals surface area contributed by atoms with Gasteiger partial charge in [0, 0.05) is 6.20 Å². The molecular weight excluding hydrogens is 380 g/mol. The molecule has 9 heteroatoms. The van der Waals surface area contributed by atoms with E-state index >= 15 is 0 Å². The number of benzene rings is 1. The van der Waals surface area contributed by atoms with E-state index in [1.54, 1.807) is 17.8 Å². The molecule has 30 heavy (non-hydrogen) atoms. The minimum Gasteiger partial charge on any atom is -0.497 e. The number of fused-ring (bicyclic) bond motifs is 2. The van der Waals surface area contributed by atoms with Crippen molar-refractivity contribution < 1.29 is 4.74 Å². The molecule has 0 aliphatic heterocycles. The van der Waals surface area contributed by atoms with Crippen molar-refractivity contribution in [2.75, 3.05) is 12.4 Å². The number of ether oxygens (including phenoxy) is 1. The van der Waals surface area contributed by atoms with Gasteiger partial charge in [0.25, 0.3) is 0 Å². The van der Waals surface area contributed by atoms with Crippen LogP contribution >= 0.6 is 0 Å². The molecule has 0 amide bonds. The fourth-order valence-corrected chi connectivity index (χ4v) is 3.39. The fourth-order valence-electron chi connectivity index (χ4n) is 3.39. The molecule has 9 nitrogen and oxygen atoms in total. The summed E-state index contributed by atoms with van der Waals surface area (Å²) in [5.41, 5.74) is 5.47. The summed E-state index contributed by atoms with van der Waals surface area (Å²) in [6.45, 7) is 4.58. The number of hydrogen-bond acceptors (Lipinski definition) is 7. The van der Waals surface area contributed by atoms with Gasteiger partial charge in [0.05, 0.1) is 36.6 Å². The van der Waals surface area contributed by atoms with Gasteiger partial charge in [0.15, 0.2) is 11.3 Å². The minimum absolute atomic E-state index is 0.501. The van der Waals surface area contributed by atoms with Crippen molar-refractivity contribution in [3.8, 4) is 5.75 Å². The largest absolute Gasteiger partial charge is 0.497 e. The van der Waals surface area contributed by atoms with E-state index in [0.717, 1.165) is 44.9 Å². The van der Waals surface area contributed by atoms with Crippen LogP contribution in [0.4, 0.5) is 11.6 Å². The lowest BCUT2D eigenvalue weighted by Gasteiger charge is -2.09. The Morgan fingerprint density at radius 2 is 1.93 bits per heavy atom. The second-order valence-electron chi connectivity index (χ2n) is 7.08. The number of anilines is 2. The molecule has 0 aliphatic carbocycles. The van der Waals surface area contributed by atoms with Crippen molar-refractivity contribution in [3.05, 3.63) is 65.9 Å². The number of nitrogens with zero attached hydrogens (tertiary/aromatic N) is 7. The Balaban J connectivity index is 1.49. The van der Waals surface area contributed by atoms with Crippen molar-refractivity contribution in [2.24, 2.45) is 0 Å². The monoisotopic (exact) mass is 400 g/mol. The molecular formula is C21H20N8O. The van der Waals surface area contributed by atoms with Crippen molar-refractivity contribution in [1.29, 1.82) is 0 Å². The second-order valence-corrected chi connectivity index (χ2v) is 7.08. The average Bonchev–Trinajstić information content (AvgIpc) is 3.32. The number of aryl methyl sites for hydroxylation is 2. The van der Waals surface area contributed by atoms with Gasteiger partial charge >= 0.3 is 0 Å². The summed E-state index contributed by atoms with van der Waals surface area (Å²) in [6, 6.07) is 9.90. The Morgan fingerprint density at radius 1 is 1.10 bits per heavy atom. The second kappa shape index (κ2) is 7.11. The van der Waals surface area contributed by atoms with Gasteiger partial charge in [-0.05, 0) is 43.2 Å². The number of rotatable bonds is 5. The van der Waals surface area contributed by atoms with E-state index in [9.17, 15) is 0 Å². The topological polar surface area (TPSA) is 95.0 Å². The summed E-state index contributed by atoms with van der Waals surface area (Å²) < 4.78 is 8.85. The van der Waals surface area contributed by atoms with E-state index in [2.05, 4.69) is 25.5 Å². The highest BCUT2D eigenvalue weighted by atomic mass is 16.5. The molecule has 4 heterocycles. The highest BCUT2D eigenvalue weighted by Gasteiger charge is 2.12. The Hall–Kier alpha value is -4.01. The Labute approximate surface area is 172 Å². The molecule has 4 aromatic heterocycles. The minimum atomic E-state index is 0.501. The molecule has 150 valence electrons. The fraction of sp³-hybridized carbons (Fsp3) is 0.190. The van der Waals surface area contributed by atoms with Crippen LogP contribution in [0.3, 0.4) is 0 Å². The third-order valence-electron chi connectivity index (χ3n) is 5.03. The summed E-state index contributed by atoms with van der Waals surface area (Å²) in [5.74, 6) is 1.33. The zero-order valence-corrected chi connectivity index (χ0v) is 16.9. The zero-order valence-electron chi connectivity index (χ0n) is 16.9. The summed E-state index contributed by atoms with van der Waals surface area (Å²) in [4.78, 5) is 13.4. The average molecular weight is 400 g/mol. The number of methoxy groups -OCH3 is 1. The van der Waals surface area contributed by atoms with E-state index in [-0.39, 0.29) is 0 Å². The maximum Gasteiger partial charge on any atom is 0.229 e. The van der Waals surface area contributed by atoms with Crippen LogP contribution in [0.15, 0.2) is 49.1 Å². The summed E-state index contributed by atoms with van der Waals surface area (Å²) in [7, 11) is 1.66. The van der Waals surface area contributed by atoms with Gasteiger partial charge < -0.3 is 10.1 Å². The van der Waals surface area contributed by atoms with Crippen LogP contribution in [0.2, 0.25) is 0 Å².